The largest absolute Gasteiger partial charge is 0.573 e. The quantitative estimate of drug-likeness (QED) is 0.488. The topological polar surface area (TPSA) is 137 Å². The minimum Gasteiger partial charge on any atom is -0.406 e. The second kappa shape index (κ2) is 8.26. The van der Waals surface area contributed by atoms with E-state index in [0.29, 0.717) is 17.2 Å². The number of ether oxygens (including phenoxy) is 1. The second-order valence-electron chi connectivity index (χ2n) is 6.29. The molecule has 0 saturated heterocycles. The van der Waals surface area contributed by atoms with Gasteiger partial charge in [-0.3, -0.25) is 9.36 Å². The third-order valence-corrected chi connectivity index (χ3v) is 4.02. The molecular weight excluding hydrogens is 417 g/mol. The number of hydrogen-bond donors (Lipinski definition) is 4. The Bertz CT molecular complexity index is 1130. The lowest BCUT2D eigenvalue weighted by atomic mass is 10.2. The molecule has 12 heteroatoms. The average Bonchev–Trinajstić information content (AvgIpc) is 2.96. The number of nitrogens with zero attached hydrogens (tertiary/aromatic N) is 2. The lowest BCUT2D eigenvalue weighted by Gasteiger charge is -2.12. The molecule has 0 atom stereocenters. The van der Waals surface area contributed by atoms with E-state index in [0.717, 1.165) is 12.1 Å². The zero-order valence-corrected chi connectivity index (χ0v) is 16.0. The second-order valence-corrected chi connectivity index (χ2v) is 6.29. The van der Waals surface area contributed by atoms with Crippen LogP contribution in [0.5, 0.6) is 5.75 Å². The maximum absolute atomic E-state index is 12.3. The van der Waals surface area contributed by atoms with Gasteiger partial charge in [0.25, 0.3) is 5.91 Å². The van der Waals surface area contributed by atoms with E-state index in [1.165, 1.54) is 16.7 Å². The number of nitrogens with one attached hydrogen (secondary N) is 2. The average molecular weight is 434 g/mol. The zero-order chi connectivity index (χ0) is 22.8. The fraction of sp³-hybridized carbons (Fsp3) is 0.105. The number of nitrogen functional groups attached to an aromatic ring is 1. The third kappa shape index (κ3) is 5.23. The summed E-state index contributed by atoms with van der Waals surface area (Å²) >= 11 is 0. The minimum atomic E-state index is -4.84. The first kappa shape index (κ1) is 21.5. The summed E-state index contributed by atoms with van der Waals surface area (Å²) < 4.78 is 42.3. The summed E-state index contributed by atoms with van der Waals surface area (Å²) in [7, 11) is 0. The number of benzene rings is 2. The van der Waals surface area contributed by atoms with Gasteiger partial charge in [0.2, 0.25) is 0 Å². The molecule has 1 heterocycles. The summed E-state index contributed by atoms with van der Waals surface area (Å²) in [4.78, 5) is 27.6. The molecule has 3 aromatic rings. The highest BCUT2D eigenvalue weighted by atomic mass is 19.4. The van der Waals surface area contributed by atoms with Crippen LogP contribution in [-0.2, 0) is 0 Å². The molecule has 6 N–H and O–H groups in total. The summed E-state index contributed by atoms with van der Waals surface area (Å²) in [5, 5.41) is 4.96. The van der Waals surface area contributed by atoms with Crippen LogP contribution in [-0.4, -0.2) is 27.9 Å². The van der Waals surface area contributed by atoms with E-state index in [4.69, 9.17) is 11.5 Å². The van der Waals surface area contributed by atoms with Gasteiger partial charge >= 0.3 is 12.4 Å². The van der Waals surface area contributed by atoms with Crippen LogP contribution in [0.25, 0.3) is 5.69 Å². The maximum atomic E-state index is 12.3. The summed E-state index contributed by atoms with van der Waals surface area (Å²) in [5.41, 5.74) is 12.2. The zero-order valence-electron chi connectivity index (χ0n) is 16.0. The predicted octanol–water partition coefficient (Wildman–Crippen LogP) is 3.40. The Morgan fingerprint density at radius 2 is 1.71 bits per heavy atom. The van der Waals surface area contributed by atoms with Gasteiger partial charge in [-0.15, -0.1) is 13.2 Å². The van der Waals surface area contributed by atoms with E-state index < -0.39 is 24.1 Å². The first-order valence-electron chi connectivity index (χ1n) is 8.72. The standard InChI is InChI=1S/C19H17F3N6O3/c1-10-25-15(17(24)29)16(23)28(10)13-7-5-11(6-8-13)26-18(30)27-12-3-2-4-14(9-12)31-19(20,21)22/h2-9H,23H2,1H3,(H2,24,29)(H2,26,27,30). The van der Waals surface area contributed by atoms with Gasteiger partial charge in [0, 0.05) is 23.1 Å². The molecule has 0 radical (unpaired) electrons. The molecule has 0 aliphatic carbocycles. The monoisotopic (exact) mass is 434 g/mol. The molecular formula is C19H17F3N6O3. The summed E-state index contributed by atoms with van der Waals surface area (Å²) in [6, 6.07) is 10.6. The van der Waals surface area contributed by atoms with Crippen molar-refractivity contribution in [1.29, 1.82) is 0 Å². The summed E-state index contributed by atoms with van der Waals surface area (Å²) in [6.07, 6.45) is -4.84. The number of carbonyl (C=O) groups is 2. The van der Waals surface area contributed by atoms with Crippen molar-refractivity contribution >= 4 is 29.1 Å². The van der Waals surface area contributed by atoms with Crippen LogP contribution in [0.4, 0.5) is 35.2 Å². The van der Waals surface area contributed by atoms with Crippen LogP contribution in [0.3, 0.4) is 0 Å². The van der Waals surface area contributed by atoms with E-state index in [9.17, 15) is 22.8 Å². The number of urea groups is 1. The number of halogens is 3. The SMILES string of the molecule is Cc1nc(C(N)=O)c(N)n1-c1ccc(NC(=O)Nc2cccc(OC(F)(F)F)c2)cc1. The third-order valence-electron chi connectivity index (χ3n) is 4.02. The number of nitrogens with two attached hydrogens (primary N) is 2. The van der Waals surface area contributed by atoms with Crippen LogP contribution in [0.2, 0.25) is 0 Å². The van der Waals surface area contributed by atoms with E-state index in [1.807, 2.05) is 0 Å². The molecule has 162 valence electrons. The number of aryl methyl sites for hydroxylation is 1. The van der Waals surface area contributed by atoms with Crippen LogP contribution >= 0.6 is 0 Å². The number of imidazole rings is 1. The number of anilines is 3. The number of alkyl halides is 3. The Morgan fingerprint density at radius 3 is 2.29 bits per heavy atom. The number of rotatable bonds is 5. The molecule has 0 unspecified atom stereocenters. The highest BCUT2D eigenvalue weighted by Gasteiger charge is 2.31. The molecule has 1 aromatic heterocycles. The van der Waals surface area contributed by atoms with Crippen molar-refractivity contribution in [3.8, 4) is 11.4 Å². The van der Waals surface area contributed by atoms with Crippen molar-refractivity contribution in [3.05, 3.63) is 60.0 Å². The maximum Gasteiger partial charge on any atom is 0.573 e. The van der Waals surface area contributed by atoms with Gasteiger partial charge in [-0.1, -0.05) is 6.07 Å². The van der Waals surface area contributed by atoms with Crippen molar-refractivity contribution in [2.75, 3.05) is 16.4 Å². The fourth-order valence-electron chi connectivity index (χ4n) is 2.81. The van der Waals surface area contributed by atoms with Gasteiger partial charge in [0.1, 0.15) is 17.4 Å². The number of aromatic nitrogens is 2. The number of hydrogen-bond acceptors (Lipinski definition) is 5. The molecule has 0 bridgehead atoms. The number of amides is 3. The van der Waals surface area contributed by atoms with Gasteiger partial charge < -0.3 is 26.8 Å². The lowest BCUT2D eigenvalue weighted by molar-refractivity contribution is -0.274. The lowest BCUT2D eigenvalue weighted by Crippen LogP contribution is -2.20. The van der Waals surface area contributed by atoms with Crippen LogP contribution < -0.4 is 26.8 Å². The Kier molecular flexibility index (Phi) is 5.72. The highest BCUT2D eigenvalue weighted by Crippen LogP contribution is 2.25. The molecule has 0 saturated carbocycles. The smallest absolute Gasteiger partial charge is 0.406 e. The summed E-state index contributed by atoms with van der Waals surface area (Å²) in [6.45, 7) is 1.65. The van der Waals surface area contributed by atoms with Gasteiger partial charge in [0.15, 0.2) is 5.69 Å². The fourth-order valence-corrected chi connectivity index (χ4v) is 2.81. The van der Waals surface area contributed by atoms with Gasteiger partial charge in [-0.2, -0.15) is 0 Å². The first-order chi connectivity index (χ1) is 14.5. The van der Waals surface area contributed by atoms with Gasteiger partial charge in [-0.25, -0.2) is 9.78 Å². The predicted molar refractivity (Wildman–Crippen MR) is 107 cm³/mol. The van der Waals surface area contributed by atoms with E-state index in [-0.39, 0.29) is 17.2 Å². The van der Waals surface area contributed by atoms with Gasteiger partial charge in [0.05, 0.1) is 0 Å². The van der Waals surface area contributed by atoms with Crippen LogP contribution in [0.15, 0.2) is 48.5 Å². The van der Waals surface area contributed by atoms with Crippen molar-refractivity contribution in [1.82, 2.24) is 9.55 Å². The van der Waals surface area contributed by atoms with Crippen molar-refractivity contribution in [2.45, 2.75) is 13.3 Å². The van der Waals surface area contributed by atoms with E-state index >= 15 is 0 Å². The molecule has 0 spiro atoms. The van der Waals surface area contributed by atoms with E-state index in [2.05, 4.69) is 20.4 Å². The van der Waals surface area contributed by atoms with Crippen molar-refractivity contribution in [2.24, 2.45) is 5.73 Å². The van der Waals surface area contributed by atoms with Crippen molar-refractivity contribution in [3.63, 3.8) is 0 Å². The molecule has 0 fully saturated rings. The Balaban J connectivity index is 1.69. The Labute approximate surface area is 173 Å². The van der Waals surface area contributed by atoms with Crippen LogP contribution in [0, 0.1) is 6.92 Å². The molecule has 3 amide bonds. The van der Waals surface area contributed by atoms with Crippen LogP contribution in [0.1, 0.15) is 16.3 Å². The van der Waals surface area contributed by atoms with Crippen molar-refractivity contribution < 1.29 is 27.5 Å². The number of carbonyl (C=O) groups excluding carboxylic acids is 2. The Hall–Kier alpha value is -4.22. The van der Waals surface area contributed by atoms with Gasteiger partial charge in [-0.05, 0) is 43.3 Å². The first-order valence-corrected chi connectivity index (χ1v) is 8.72. The molecule has 0 aliphatic rings. The normalized spacial score (nSPS) is 11.1. The number of primary amides is 1. The molecule has 31 heavy (non-hydrogen) atoms. The molecule has 3 rings (SSSR count). The molecule has 9 nitrogen and oxygen atoms in total. The minimum absolute atomic E-state index is 0.0455. The molecule has 2 aromatic carbocycles. The Morgan fingerprint density at radius 1 is 1.06 bits per heavy atom. The molecule has 0 aliphatic heterocycles. The van der Waals surface area contributed by atoms with E-state index in [1.54, 1.807) is 31.2 Å². The highest BCUT2D eigenvalue weighted by molar-refractivity contribution is 6.00. The summed E-state index contributed by atoms with van der Waals surface area (Å²) in [5.74, 6) is -0.674.